The summed E-state index contributed by atoms with van der Waals surface area (Å²) in [6.07, 6.45) is 4.11. The van der Waals surface area contributed by atoms with Gasteiger partial charge in [0.15, 0.2) is 0 Å². The van der Waals surface area contributed by atoms with Crippen molar-refractivity contribution in [1.82, 2.24) is 10.0 Å². The van der Waals surface area contributed by atoms with Crippen LogP contribution in [0, 0.1) is 6.92 Å². The molecule has 2 unspecified atom stereocenters. The minimum atomic E-state index is -3.44. The van der Waals surface area contributed by atoms with Gasteiger partial charge in [0.1, 0.15) is 0 Å². The Morgan fingerprint density at radius 3 is 2.55 bits per heavy atom. The molecule has 0 aromatic heterocycles. The van der Waals surface area contributed by atoms with E-state index in [2.05, 4.69) is 26.0 Å². The molecule has 2 fully saturated rings. The number of benzene rings is 1. The van der Waals surface area contributed by atoms with E-state index in [1.165, 1.54) is 12.8 Å². The lowest BCUT2D eigenvalue weighted by Crippen LogP contribution is -2.48. The highest BCUT2D eigenvalue weighted by atomic mass is 79.9. The molecule has 2 aliphatic heterocycles. The minimum Gasteiger partial charge on any atom is -0.311 e. The molecule has 0 aliphatic carbocycles. The van der Waals surface area contributed by atoms with Gasteiger partial charge in [-0.05, 0) is 50.3 Å². The van der Waals surface area contributed by atoms with Crippen LogP contribution in [0.4, 0.5) is 0 Å². The highest BCUT2D eigenvalue weighted by Crippen LogP contribution is 2.29. The minimum absolute atomic E-state index is 0.0529. The van der Waals surface area contributed by atoms with Crippen LogP contribution >= 0.6 is 15.9 Å². The zero-order valence-electron chi connectivity index (χ0n) is 11.4. The van der Waals surface area contributed by atoms with Crippen molar-refractivity contribution in [3.8, 4) is 0 Å². The Morgan fingerprint density at radius 1 is 1.25 bits per heavy atom. The topological polar surface area (TPSA) is 58.2 Å². The molecule has 0 radical (unpaired) electrons. The van der Waals surface area contributed by atoms with E-state index in [0.717, 1.165) is 22.9 Å². The van der Waals surface area contributed by atoms with Crippen molar-refractivity contribution in [3.05, 3.63) is 28.2 Å². The number of piperidine rings is 1. The summed E-state index contributed by atoms with van der Waals surface area (Å²) in [5.74, 6) is 0. The third kappa shape index (κ3) is 2.79. The summed E-state index contributed by atoms with van der Waals surface area (Å²) < 4.78 is 28.8. The number of hydrogen-bond acceptors (Lipinski definition) is 3. The molecule has 2 heterocycles. The molecule has 2 atom stereocenters. The van der Waals surface area contributed by atoms with Gasteiger partial charge in [0.25, 0.3) is 0 Å². The quantitative estimate of drug-likeness (QED) is 0.871. The Labute approximate surface area is 128 Å². The fourth-order valence-corrected chi connectivity index (χ4v) is 5.34. The van der Waals surface area contributed by atoms with Crippen molar-refractivity contribution in [2.75, 3.05) is 0 Å². The third-order valence-electron chi connectivity index (χ3n) is 4.30. The molecule has 4 nitrogen and oxygen atoms in total. The van der Waals surface area contributed by atoms with Crippen LogP contribution in [0.15, 0.2) is 27.6 Å². The van der Waals surface area contributed by atoms with Crippen LogP contribution in [-0.4, -0.2) is 26.5 Å². The second-order valence-corrected chi connectivity index (χ2v) is 8.33. The molecule has 110 valence electrons. The van der Waals surface area contributed by atoms with Crippen molar-refractivity contribution in [2.24, 2.45) is 0 Å². The maximum atomic E-state index is 12.6. The van der Waals surface area contributed by atoms with E-state index in [1.807, 2.05) is 13.0 Å². The summed E-state index contributed by atoms with van der Waals surface area (Å²) in [6.45, 7) is 1.82. The fraction of sp³-hybridized carbons (Fsp3) is 0.571. The predicted molar refractivity (Wildman–Crippen MR) is 82.2 cm³/mol. The van der Waals surface area contributed by atoms with E-state index < -0.39 is 10.0 Å². The normalized spacial score (nSPS) is 29.6. The summed E-state index contributed by atoms with van der Waals surface area (Å²) in [7, 11) is -3.44. The van der Waals surface area contributed by atoms with Crippen LogP contribution in [-0.2, 0) is 10.0 Å². The molecular formula is C14H19BrN2O2S. The maximum Gasteiger partial charge on any atom is 0.241 e. The summed E-state index contributed by atoms with van der Waals surface area (Å²) in [4.78, 5) is 0.373. The predicted octanol–water partition coefficient (Wildman–Crippen LogP) is 2.32. The molecule has 2 bridgehead atoms. The van der Waals surface area contributed by atoms with E-state index in [9.17, 15) is 8.42 Å². The standard InChI is InChI=1S/C14H19BrN2O2S/c1-9-13(15)3-2-4-14(9)20(18,19)17-12-7-10-5-6-11(8-12)16-10/h2-4,10-12,16-17H,5-8H2,1H3. The van der Waals surface area contributed by atoms with Gasteiger partial charge in [-0.3, -0.25) is 0 Å². The van der Waals surface area contributed by atoms with Gasteiger partial charge < -0.3 is 5.32 Å². The Kier molecular flexibility index (Phi) is 3.92. The first-order valence-electron chi connectivity index (χ1n) is 6.99. The maximum absolute atomic E-state index is 12.6. The lowest BCUT2D eigenvalue weighted by molar-refractivity contribution is 0.345. The van der Waals surface area contributed by atoms with Crippen LogP contribution in [0.3, 0.4) is 0 Å². The molecule has 3 rings (SSSR count). The van der Waals surface area contributed by atoms with Crippen molar-refractivity contribution in [3.63, 3.8) is 0 Å². The summed E-state index contributed by atoms with van der Waals surface area (Å²) >= 11 is 3.39. The van der Waals surface area contributed by atoms with Gasteiger partial charge in [-0.1, -0.05) is 22.0 Å². The average molecular weight is 359 g/mol. The smallest absolute Gasteiger partial charge is 0.241 e. The van der Waals surface area contributed by atoms with Gasteiger partial charge >= 0.3 is 0 Å². The molecule has 2 aliphatic rings. The highest BCUT2D eigenvalue weighted by molar-refractivity contribution is 9.10. The van der Waals surface area contributed by atoms with Crippen molar-refractivity contribution in [2.45, 2.75) is 55.6 Å². The lowest BCUT2D eigenvalue weighted by atomic mass is 10.0. The molecule has 0 spiro atoms. The Morgan fingerprint density at radius 2 is 1.90 bits per heavy atom. The Hall–Kier alpha value is -0.430. The van der Waals surface area contributed by atoms with Crippen molar-refractivity contribution >= 4 is 26.0 Å². The largest absolute Gasteiger partial charge is 0.311 e. The molecule has 1 aromatic rings. The summed E-state index contributed by atoms with van der Waals surface area (Å²) in [6, 6.07) is 6.29. The molecule has 0 saturated carbocycles. The molecule has 1 aromatic carbocycles. The second-order valence-electron chi connectivity index (χ2n) is 5.79. The Bertz CT molecular complexity index is 606. The van der Waals surface area contributed by atoms with Crippen LogP contribution in [0.2, 0.25) is 0 Å². The molecule has 6 heteroatoms. The molecule has 2 N–H and O–H groups in total. The number of rotatable bonds is 3. The van der Waals surface area contributed by atoms with E-state index >= 15 is 0 Å². The number of halogens is 1. The van der Waals surface area contributed by atoms with Gasteiger partial charge in [-0.15, -0.1) is 0 Å². The van der Waals surface area contributed by atoms with E-state index in [4.69, 9.17) is 0 Å². The van der Waals surface area contributed by atoms with Crippen molar-refractivity contribution < 1.29 is 8.42 Å². The van der Waals surface area contributed by atoms with Gasteiger partial charge in [0, 0.05) is 22.6 Å². The molecular weight excluding hydrogens is 340 g/mol. The zero-order chi connectivity index (χ0) is 14.3. The van der Waals surface area contributed by atoms with Gasteiger partial charge in [-0.25, -0.2) is 13.1 Å². The summed E-state index contributed by atoms with van der Waals surface area (Å²) in [5.41, 5.74) is 0.761. The summed E-state index contributed by atoms with van der Waals surface area (Å²) in [5, 5.41) is 3.52. The zero-order valence-corrected chi connectivity index (χ0v) is 13.8. The first-order valence-corrected chi connectivity index (χ1v) is 9.27. The number of fused-ring (bicyclic) bond motifs is 2. The number of nitrogens with one attached hydrogen (secondary N) is 2. The van der Waals surface area contributed by atoms with Crippen molar-refractivity contribution in [1.29, 1.82) is 0 Å². The first kappa shape index (κ1) is 14.5. The highest BCUT2D eigenvalue weighted by Gasteiger charge is 2.35. The lowest BCUT2D eigenvalue weighted by Gasteiger charge is -2.29. The third-order valence-corrected chi connectivity index (χ3v) is 6.83. The molecule has 0 amide bonds. The van der Waals surface area contributed by atoms with Gasteiger partial charge in [0.05, 0.1) is 4.90 Å². The van der Waals surface area contributed by atoms with Gasteiger partial charge in [-0.2, -0.15) is 0 Å². The van der Waals surface area contributed by atoms with Crippen LogP contribution < -0.4 is 10.0 Å². The molecule has 2 saturated heterocycles. The average Bonchev–Trinajstić information content (AvgIpc) is 2.71. The van der Waals surface area contributed by atoms with E-state index in [-0.39, 0.29) is 6.04 Å². The van der Waals surface area contributed by atoms with Crippen LogP contribution in [0.25, 0.3) is 0 Å². The Balaban J connectivity index is 1.80. The van der Waals surface area contributed by atoms with Crippen LogP contribution in [0.5, 0.6) is 0 Å². The second kappa shape index (κ2) is 5.40. The monoisotopic (exact) mass is 358 g/mol. The first-order chi connectivity index (χ1) is 9.45. The number of hydrogen-bond donors (Lipinski definition) is 2. The van der Waals surface area contributed by atoms with Crippen LogP contribution in [0.1, 0.15) is 31.2 Å². The SMILES string of the molecule is Cc1c(Br)cccc1S(=O)(=O)NC1CC2CCC(C1)N2. The van der Waals surface area contributed by atoms with E-state index in [0.29, 0.717) is 17.0 Å². The fourth-order valence-electron chi connectivity index (χ4n) is 3.32. The van der Waals surface area contributed by atoms with Gasteiger partial charge in [0.2, 0.25) is 10.0 Å². The molecule has 20 heavy (non-hydrogen) atoms. The van der Waals surface area contributed by atoms with E-state index in [1.54, 1.807) is 12.1 Å². The number of sulfonamides is 1.